The van der Waals surface area contributed by atoms with Gasteiger partial charge in [-0.05, 0) is 28.1 Å². The molecule has 1 aromatic carbocycles. The average molecular weight is 310 g/mol. The predicted octanol–water partition coefficient (Wildman–Crippen LogP) is 2.82. The van der Waals surface area contributed by atoms with Crippen LogP contribution in [-0.4, -0.2) is 19.6 Å². The lowest BCUT2D eigenvalue weighted by Gasteiger charge is -2.27. The van der Waals surface area contributed by atoms with Crippen molar-refractivity contribution in [3.63, 3.8) is 0 Å². The normalized spacial score (nSPS) is 15.6. The fourth-order valence-electron chi connectivity index (χ4n) is 1.50. The first-order valence-corrected chi connectivity index (χ1v) is 5.40. The van der Waals surface area contributed by atoms with E-state index in [0.717, 1.165) is 17.0 Å². The third-order valence-corrected chi connectivity index (χ3v) is 3.02. The van der Waals surface area contributed by atoms with Crippen LogP contribution in [0, 0.1) is 0 Å². The maximum Gasteiger partial charge on any atom is 0.416 e. The topological polar surface area (TPSA) is 29.5 Å². The van der Waals surface area contributed by atoms with Crippen molar-refractivity contribution in [2.45, 2.75) is 6.18 Å². The quantitative estimate of drug-likeness (QED) is 0.737. The number of ether oxygens (including phenoxy) is 1. The Bertz CT molecular complexity index is 487. The third-order valence-electron chi connectivity index (χ3n) is 2.43. The molecule has 1 aromatic rings. The maximum absolute atomic E-state index is 12.6. The lowest BCUT2D eigenvalue weighted by atomic mass is 10.1. The molecule has 1 aliphatic rings. The van der Waals surface area contributed by atoms with Gasteiger partial charge in [0.1, 0.15) is 0 Å². The highest BCUT2D eigenvalue weighted by Gasteiger charge is 2.34. The van der Waals surface area contributed by atoms with Crippen LogP contribution in [-0.2, 0) is 11.0 Å². The summed E-state index contributed by atoms with van der Waals surface area (Å²) in [5, 5.41) is 0. The van der Waals surface area contributed by atoms with Crippen LogP contribution >= 0.6 is 15.9 Å². The first kappa shape index (κ1) is 12.2. The van der Waals surface area contributed by atoms with E-state index in [2.05, 4.69) is 15.9 Å². The molecule has 0 fully saturated rings. The Hall–Kier alpha value is -1.24. The zero-order valence-electron chi connectivity index (χ0n) is 8.64. The molecule has 1 aliphatic heterocycles. The van der Waals surface area contributed by atoms with E-state index in [1.54, 1.807) is 0 Å². The third kappa shape index (κ3) is 2.11. The first-order chi connectivity index (χ1) is 7.80. The summed E-state index contributed by atoms with van der Waals surface area (Å²) in [6.07, 6.45) is -4.46. The van der Waals surface area contributed by atoms with E-state index in [4.69, 9.17) is 4.74 Å². The largest absolute Gasteiger partial charge is 0.480 e. The summed E-state index contributed by atoms with van der Waals surface area (Å²) >= 11 is 3.01. The smallest absolute Gasteiger partial charge is 0.416 e. The van der Waals surface area contributed by atoms with Gasteiger partial charge in [0.05, 0.1) is 15.7 Å². The molecule has 7 heteroatoms. The second kappa shape index (κ2) is 3.90. The van der Waals surface area contributed by atoms with Crippen LogP contribution in [0.15, 0.2) is 16.6 Å². The van der Waals surface area contributed by atoms with Gasteiger partial charge in [-0.25, -0.2) is 0 Å². The number of hydrogen-bond donors (Lipinski definition) is 0. The lowest BCUT2D eigenvalue weighted by Crippen LogP contribution is -2.35. The van der Waals surface area contributed by atoms with Crippen molar-refractivity contribution in [3.8, 4) is 5.75 Å². The average Bonchev–Trinajstić information content (AvgIpc) is 2.22. The van der Waals surface area contributed by atoms with Crippen LogP contribution in [0.3, 0.4) is 0 Å². The highest BCUT2D eigenvalue weighted by atomic mass is 79.9. The Morgan fingerprint density at radius 2 is 2.06 bits per heavy atom. The number of nitrogens with zero attached hydrogens (tertiary/aromatic N) is 1. The lowest BCUT2D eigenvalue weighted by molar-refractivity contribution is -0.137. The number of anilines is 1. The van der Waals surface area contributed by atoms with E-state index < -0.39 is 11.7 Å². The van der Waals surface area contributed by atoms with Crippen LogP contribution in [0.25, 0.3) is 0 Å². The van der Waals surface area contributed by atoms with Gasteiger partial charge in [-0.3, -0.25) is 4.79 Å². The fraction of sp³-hybridized carbons (Fsp3) is 0.300. The SMILES string of the molecule is CN1C(=O)COc2c(Br)cc(C(F)(F)F)cc21. The van der Waals surface area contributed by atoms with Gasteiger partial charge in [0.15, 0.2) is 12.4 Å². The predicted molar refractivity (Wildman–Crippen MR) is 58.0 cm³/mol. The molecule has 92 valence electrons. The molecule has 0 atom stereocenters. The van der Waals surface area contributed by atoms with Crippen molar-refractivity contribution in [3.05, 3.63) is 22.2 Å². The molecule has 0 aromatic heterocycles. The van der Waals surface area contributed by atoms with Crippen molar-refractivity contribution in [2.24, 2.45) is 0 Å². The summed E-state index contributed by atoms with van der Waals surface area (Å²) in [6.45, 7) is -0.173. The highest BCUT2D eigenvalue weighted by molar-refractivity contribution is 9.10. The summed E-state index contributed by atoms with van der Waals surface area (Å²) < 4.78 is 43.1. The van der Waals surface area contributed by atoms with Gasteiger partial charge in [0.25, 0.3) is 5.91 Å². The van der Waals surface area contributed by atoms with Crippen molar-refractivity contribution < 1.29 is 22.7 Å². The molecule has 17 heavy (non-hydrogen) atoms. The molecule has 0 saturated carbocycles. The van der Waals surface area contributed by atoms with Crippen molar-refractivity contribution >= 4 is 27.5 Å². The number of rotatable bonds is 0. The van der Waals surface area contributed by atoms with Crippen LogP contribution in [0.4, 0.5) is 18.9 Å². The van der Waals surface area contributed by atoms with Crippen LogP contribution in [0.2, 0.25) is 0 Å². The molecule has 3 nitrogen and oxygen atoms in total. The number of carbonyl (C=O) groups is 1. The molecule has 0 radical (unpaired) electrons. The number of likely N-dealkylation sites (N-methyl/N-ethyl adjacent to an activating group) is 1. The summed E-state index contributed by atoms with van der Waals surface area (Å²) in [5.41, 5.74) is -0.712. The van der Waals surface area contributed by atoms with Gasteiger partial charge in [0, 0.05) is 7.05 Å². The Morgan fingerprint density at radius 3 is 2.65 bits per heavy atom. The molecule has 0 unspecified atom stereocenters. The second-order valence-electron chi connectivity index (χ2n) is 3.55. The van der Waals surface area contributed by atoms with E-state index in [0.29, 0.717) is 0 Å². The molecular weight excluding hydrogens is 303 g/mol. The molecule has 0 spiro atoms. The minimum absolute atomic E-state index is 0.114. The molecule has 2 rings (SSSR count). The standard InChI is InChI=1S/C10H7BrF3NO2/c1-15-7-3-5(10(12,13)14)2-6(11)9(7)17-4-8(15)16/h2-3H,4H2,1H3. The van der Waals surface area contributed by atoms with E-state index in [1.165, 1.54) is 7.05 Å². The zero-order valence-corrected chi connectivity index (χ0v) is 10.2. The van der Waals surface area contributed by atoms with Gasteiger partial charge in [0.2, 0.25) is 0 Å². The number of halogens is 4. The van der Waals surface area contributed by atoms with Crippen molar-refractivity contribution in [2.75, 3.05) is 18.6 Å². The van der Waals surface area contributed by atoms with E-state index in [9.17, 15) is 18.0 Å². The monoisotopic (exact) mass is 309 g/mol. The fourth-order valence-corrected chi connectivity index (χ4v) is 2.06. The van der Waals surface area contributed by atoms with Crippen molar-refractivity contribution in [1.29, 1.82) is 0 Å². The second-order valence-corrected chi connectivity index (χ2v) is 4.40. The molecular formula is C10H7BrF3NO2. The van der Waals surface area contributed by atoms with E-state index >= 15 is 0 Å². The molecule has 1 amide bonds. The summed E-state index contributed by atoms with van der Waals surface area (Å²) in [6, 6.07) is 1.83. The Balaban J connectivity index is 2.59. The summed E-state index contributed by atoms with van der Waals surface area (Å²) in [5.74, 6) is -0.135. The van der Waals surface area contributed by atoms with Gasteiger partial charge >= 0.3 is 6.18 Å². The van der Waals surface area contributed by atoms with Crippen molar-refractivity contribution in [1.82, 2.24) is 0 Å². The van der Waals surface area contributed by atoms with Crippen LogP contribution in [0.1, 0.15) is 5.56 Å². The molecule has 0 aliphatic carbocycles. The van der Waals surface area contributed by atoms with Gasteiger partial charge in [-0.2, -0.15) is 13.2 Å². The Labute approximate surface area is 103 Å². The van der Waals surface area contributed by atoms with E-state index in [1.807, 2.05) is 0 Å². The maximum atomic E-state index is 12.6. The number of amides is 1. The summed E-state index contributed by atoms with van der Waals surface area (Å²) in [7, 11) is 1.41. The number of carbonyl (C=O) groups excluding carboxylic acids is 1. The first-order valence-electron chi connectivity index (χ1n) is 4.61. The van der Waals surface area contributed by atoms with Crippen LogP contribution in [0.5, 0.6) is 5.75 Å². The van der Waals surface area contributed by atoms with Gasteiger partial charge in [-0.15, -0.1) is 0 Å². The summed E-state index contributed by atoms with van der Waals surface area (Å²) in [4.78, 5) is 12.5. The molecule has 0 bridgehead atoms. The number of alkyl halides is 3. The Kier molecular flexibility index (Phi) is 2.81. The van der Waals surface area contributed by atoms with Gasteiger partial charge in [-0.1, -0.05) is 0 Å². The molecule has 1 heterocycles. The zero-order chi connectivity index (χ0) is 12.8. The number of fused-ring (bicyclic) bond motifs is 1. The minimum Gasteiger partial charge on any atom is -0.480 e. The minimum atomic E-state index is -4.46. The Morgan fingerprint density at radius 1 is 1.41 bits per heavy atom. The molecule has 0 N–H and O–H groups in total. The highest BCUT2D eigenvalue weighted by Crippen LogP contribution is 2.43. The van der Waals surface area contributed by atoms with E-state index in [-0.39, 0.29) is 28.4 Å². The number of hydrogen-bond acceptors (Lipinski definition) is 2. The molecule has 0 saturated heterocycles. The van der Waals surface area contributed by atoms with Gasteiger partial charge < -0.3 is 9.64 Å². The number of benzene rings is 1. The van der Waals surface area contributed by atoms with Crippen LogP contribution < -0.4 is 9.64 Å².